The van der Waals surface area contributed by atoms with E-state index in [-0.39, 0.29) is 0 Å². The molecule has 0 aliphatic heterocycles. The Bertz CT molecular complexity index is 893. The molecule has 1 aromatic heterocycles. The Kier molecular flexibility index (Phi) is 4.47. The molecule has 0 unspecified atom stereocenters. The molecule has 0 radical (unpaired) electrons. The summed E-state index contributed by atoms with van der Waals surface area (Å²) in [6, 6.07) is 0. The summed E-state index contributed by atoms with van der Waals surface area (Å²) >= 11 is 0. The zero-order valence-electron chi connectivity index (χ0n) is 13.8. The molecule has 1 heterocycles. The van der Waals surface area contributed by atoms with Gasteiger partial charge in [0.1, 0.15) is 11.2 Å². The van der Waals surface area contributed by atoms with Gasteiger partial charge in [-0.2, -0.15) is 0 Å². The van der Waals surface area contributed by atoms with E-state index in [0.717, 1.165) is 40.4 Å². The van der Waals surface area contributed by atoms with Crippen LogP contribution in [0.2, 0.25) is 0 Å². The molecular weight excluding hydrogens is 280 g/mol. The molecule has 1 nitrogen and oxygen atoms in total. The highest BCUT2D eigenvalue weighted by Gasteiger charge is 2.12. The Morgan fingerprint density at radius 2 is 2.04 bits per heavy atom. The van der Waals surface area contributed by atoms with Crippen molar-refractivity contribution in [3.05, 3.63) is 82.2 Å². The summed E-state index contributed by atoms with van der Waals surface area (Å²) < 4.78 is 6.17. The molecule has 2 aliphatic carbocycles. The van der Waals surface area contributed by atoms with Gasteiger partial charge in [-0.3, -0.25) is 0 Å². The first-order chi connectivity index (χ1) is 11.2. The lowest BCUT2D eigenvalue weighted by Gasteiger charge is -2.00. The van der Waals surface area contributed by atoms with Crippen molar-refractivity contribution in [2.24, 2.45) is 0 Å². The van der Waals surface area contributed by atoms with Crippen LogP contribution < -0.4 is 10.6 Å². The van der Waals surface area contributed by atoms with Crippen molar-refractivity contribution in [1.82, 2.24) is 0 Å². The van der Waals surface area contributed by atoms with Crippen LogP contribution in [0.5, 0.6) is 0 Å². The lowest BCUT2D eigenvalue weighted by atomic mass is 10.0. The highest BCUT2D eigenvalue weighted by atomic mass is 16.3. The van der Waals surface area contributed by atoms with Crippen molar-refractivity contribution in [2.45, 2.75) is 26.7 Å². The summed E-state index contributed by atoms with van der Waals surface area (Å²) in [5.41, 5.74) is 5.73. The maximum Gasteiger partial charge on any atom is 0.142 e. The number of fused-ring (bicyclic) bond motifs is 1. The first kappa shape index (κ1) is 15.4. The van der Waals surface area contributed by atoms with Gasteiger partial charge in [0.05, 0.1) is 0 Å². The summed E-state index contributed by atoms with van der Waals surface area (Å²) in [7, 11) is 0. The number of hydrogen-bond acceptors (Lipinski definition) is 1. The van der Waals surface area contributed by atoms with E-state index in [9.17, 15) is 0 Å². The second-order valence-corrected chi connectivity index (χ2v) is 5.82. The molecule has 0 saturated carbocycles. The molecule has 0 N–H and O–H groups in total. The molecular formula is C22H22O. The van der Waals surface area contributed by atoms with Crippen LogP contribution >= 0.6 is 0 Å². The molecule has 0 aromatic carbocycles. The second-order valence-electron chi connectivity index (χ2n) is 5.82. The van der Waals surface area contributed by atoms with Gasteiger partial charge in [0.2, 0.25) is 0 Å². The van der Waals surface area contributed by atoms with Gasteiger partial charge in [-0.1, -0.05) is 66.8 Å². The highest BCUT2D eigenvalue weighted by molar-refractivity contribution is 5.78. The molecule has 1 aromatic rings. The number of hydrogen-bond donors (Lipinski definition) is 0. The fourth-order valence-corrected chi connectivity index (χ4v) is 2.95. The zero-order chi connectivity index (χ0) is 16.2. The highest BCUT2D eigenvalue weighted by Crippen LogP contribution is 2.20. The molecule has 116 valence electrons. The summed E-state index contributed by atoms with van der Waals surface area (Å²) in [4.78, 5) is 0. The molecule has 0 atom stereocenters. The van der Waals surface area contributed by atoms with Crippen molar-refractivity contribution >= 4 is 23.8 Å². The van der Waals surface area contributed by atoms with Crippen LogP contribution in [-0.2, 0) is 0 Å². The second kappa shape index (κ2) is 6.70. The Balaban J connectivity index is 2.34. The van der Waals surface area contributed by atoms with Crippen LogP contribution in [0, 0.1) is 0 Å². The SMILES string of the molecule is C=Cc1oc2c(c1/C=C\C)=CCC=CC=2C1=CC=C(C)CC=C1. The van der Waals surface area contributed by atoms with Crippen LogP contribution in [0.3, 0.4) is 0 Å². The van der Waals surface area contributed by atoms with E-state index in [1.807, 2.05) is 13.0 Å². The Morgan fingerprint density at radius 1 is 1.17 bits per heavy atom. The smallest absolute Gasteiger partial charge is 0.142 e. The van der Waals surface area contributed by atoms with Crippen LogP contribution in [0.25, 0.3) is 23.8 Å². The molecule has 1 heteroatoms. The molecule has 3 rings (SSSR count). The monoisotopic (exact) mass is 302 g/mol. The molecule has 2 aliphatic rings. The van der Waals surface area contributed by atoms with Crippen molar-refractivity contribution in [3.63, 3.8) is 0 Å². The zero-order valence-corrected chi connectivity index (χ0v) is 13.8. The maximum absolute atomic E-state index is 6.17. The molecule has 0 spiro atoms. The van der Waals surface area contributed by atoms with Crippen molar-refractivity contribution in [3.8, 4) is 0 Å². The van der Waals surface area contributed by atoms with E-state index in [1.54, 1.807) is 6.08 Å². The minimum atomic E-state index is 0.835. The lowest BCUT2D eigenvalue weighted by molar-refractivity contribution is 0.520. The number of furan rings is 1. The summed E-state index contributed by atoms with van der Waals surface area (Å²) in [6.45, 7) is 8.08. The Labute approximate surface area is 137 Å². The normalized spacial score (nSPS) is 17.2. The van der Waals surface area contributed by atoms with Gasteiger partial charge in [-0.15, -0.1) is 0 Å². The average molecular weight is 302 g/mol. The Morgan fingerprint density at radius 3 is 2.83 bits per heavy atom. The van der Waals surface area contributed by atoms with Crippen molar-refractivity contribution < 1.29 is 4.42 Å². The van der Waals surface area contributed by atoms with Gasteiger partial charge in [-0.25, -0.2) is 0 Å². The van der Waals surface area contributed by atoms with Crippen LogP contribution in [0.15, 0.2) is 64.7 Å². The van der Waals surface area contributed by atoms with E-state index in [0.29, 0.717) is 0 Å². The number of allylic oxidation sites excluding steroid dienone is 9. The molecule has 0 saturated heterocycles. The van der Waals surface area contributed by atoms with Gasteiger partial charge in [0.25, 0.3) is 0 Å². The third-order valence-electron chi connectivity index (χ3n) is 4.11. The first-order valence-corrected chi connectivity index (χ1v) is 8.08. The van der Waals surface area contributed by atoms with E-state index < -0.39 is 0 Å². The molecule has 0 fully saturated rings. The van der Waals surface area contributed by atoms with Crippen LogP contribution in [0.4, 0.5) is 0 Å². The quantitative estimate of drug-likeness (QED) is 0.790. The molecule has 23 heavy (non-hydrogen) atoms. The topological polar surface area (TPSA) is 13.1 Å². The minimum Gasteiger partial charge on any atom is -0.455 e. The predicted octanol–water partition coefficient (Wildman–Crippen LogP) is 4.68. The van der Waals surface area contributed by atoms with E-state index in [1.165, 1.54) is 11.1 Å². The van der Waals surface area contributed by atoms with Crippen LogP contribution in [-0.4, -0.2) is 0 Å². The summed E-state index contributed by atoms with van der Waals surface area (Å²) in [5, 5.41) is 1.16. The minimum absolute atomic E-state index is 0.835. The van der Waals surface area contributed by atoms with Gasteiger partial charge in [-0.05, 0) is 38.3 Å². The molecule has 0 amide bonds. The summed E-state index contributed by atoms with van der Waals surface area (Å²) in [5.74, 6) is 0.835. The fraction of sp³-hybridized carbons (Fsp3) is 0.182. The van der Waals surface area contributed by atoms with Gasteiger partial charge in [0, 0.05) is 16.4 Å². The Hall–Kier alpha value is -2.54. The third kappa shape index (κ3) is 3.00. The largest absolute Gasteiger partial charge is 0.455 e. The van der Waals surface area contributed by atoms with Crippen molar-refractivity contribution in [2.75, 3.05) is 0 Å². The van der Waals surface area contributed by atoms with Gasteiger partial charge < -0.3 is 4.42 Å². The predicted molar refractivity (Wildman–Crippen MR) is 100.0 cm³/mol. The van der Waals surface area contributed by atoms with E-state index >= 15 is 0 Å². The average Bonchev–Trinajstić information content (AvgIpc) is 2.71. The fourth-order valence-electron chi connectivity index (χ4n) is 2.95. The van der Waals surface area contributed by atoms with Gasteiger partial charge >= 0.3 is 0 Å². The maximum atomic E-state index is 6.17. The van der Waals surface area contributed by atoms with Gasteiger partial charge in [0.15, 0.2) is 0 Å². The van der Waals surface area contributed by atoms with E-state index in [2.05, 4.69) is 62.1 Å². The van der Waals surface area contributed by atoms with Crippen LogP contribution in [0.1, 0.15) is 38.0 Å². The standard InChI is InChI=1S/C22H22O/c1-4-9-19-20-13-7-6-12-18(22(20)23-21(19)5-2)17-11-8-10-16(3)14-15-17/h4-6,8-9,11-15H,2,7,10H2,1,3H3/b9-4-. The third-order valence-corrected chi connectivity index (χ3v) is 4.11. The number of rotatable bonds is 3. The molecule has 0 bridgehead atoms. The first-order valence-electron chi connectivity index (χ1n) is 8.08. The lowest BCUT2D eigenvalue weighted by Crippen LogP contribution is -2.24. The summed E-state index contributed by atoms with van der Waals surface area (Å²) in [6.07, 6.45) is 23.2. The van der Waals surface area contributed by atoms with E-state index in [4.69, 9.17) is 4.42 Å². The van der Waals surface area contributed by atoms with Crippen molar-refractivity contribution in [1.29, 1.82) is 0 Å².